The second-order valence-corrected chi connectivity index (χ2v) is 9.14. The van der Waals surface area contributed by atoms with Crippen LogP contribution in [0.1, 0.15) is 23.8 Å². The molecule has 0 saturated carbocycles. The molecule has 1 atom stereocenters. The highest BCUT2D eigenvalue weighted by Crippen LogP contribution is 2.38. The van der Waals surface area contributed by atoms with Crippen LogP contribution in [0.15, 0.2) is 45.6 Å². The second kappa shape index (κ2) is 7.42. The van der Waals surface area contributed by atoms with E-state index in [0.29, 0.717) is 16.7 Å². The van der Waals surface area contributed by atoms with Gasteiger partial charge in [0.1, 0.15) is 11.4 Å². The highest BCUT2D eigenvalue weighted by atomic mass is 32.1. The summed E-state index contributed by atoms with van der Waals surface area (Å²) in [4.78, 5) is 31.9. The Kier molecular flexibility index (Phi) is 4.70. The molecule has 9 heteroatoms. The molecule has 1 amide bonds. The fraction of sp³-hybridized carbons (Fsp3) is 0.318. The van der Waals surface area contributed by atoms with Gasteiger partial charge in [0.05, 0.1) is 17.2 Å². The highest BCUT2D eigenvalue weighted by molar-refractivity contribution is 7.18. The van der Waals surface area contributed by atoms with E-state index in [9.17, 15) is 14.7 Å². The largest absolute Gasteiger partial charge is 0.493 e. The molecule has 158 valence electrons. The molecule has 31 heavy (non-hydrogen) atoms. The number of carbonyl (C=O) groups is 1. The number of carbonyl (C=O) groups excluding carboxylic acids is 1. The minimum Gasteiger partial charge on any atom is -0.493 e. The Labute approximate surface area is 181 Å². The number of amides is 1. The molecule has 1 aliphatic rings. The number of aromatic nitrogens is 3. The van der Waals surface area contributed by atoms with Gasteiger partial charge in [-0.1, -0.05) is 25.1 Å². The van der Waals surface area contributed by atoms with Crippen LogP contribution in [-0.2, 0) is 31.2 Å². The molecule has 0 fully saturated rings. The standard InChI is InChI=1S/C22H21N5O3S/c1-12-7-8-14-16(9-12)31-20-18(14)21(29)27(11-23-20)10-17(28)24-25-19-13-5-3-4-6-15(13)26(2)22(19)30/h3-6,11-12,30H,7-10H2,1-2H3/t12-/m0/s1. The smallest absolute Gasteiger partial charge is 0.284 e. The number of rotatable bonds is 3. The molecule has 1 aliphatic carbocycles. The Bertz CT molecular complexity index is 1430. The molecule has 0 spiro atoms. The first-order valence-electron chi connectivity index (χ1n) is 10.1. The van der Waals surface area contributed by atoms with Crippen molar-refractivity contribution in [3.05, 3.63) is 51.4 Å². The van der Waals surface area contributed by atoms with Gasteiger partial charge in [-0.2, -0.15) is 0 Å². The number of azo groups is 1. The van der Waals surface area contributed by atoms with Crippen molar-refractivity contribution in [1.29, 1.82) is 0 Å². The Hall–Kier alpha value is -3.33. The van der Waals surface area contributed by atoms with Gasteiger partial charge in [-0.05, 0) is 36.8 Å². The summed E-state index contributed by atoms with van der Waals surface area (Å²) in [5, 5.41) is 19.4. The lowest BCUT2D eigenvalue weighted by Crippen LogP contribution is -2.24. The number of benzene rings is 1. The van der Waals surface area contributed by atoms with E-state index in [2.05, 4.69) is 22.1 Å². The normalized spacial score (nSPS) is 16.4. The third kappa shape index (κ3) is 3.25. The van der Waals surface area contributed by atoms with E-state index in [0.717, 1.165) is 35.2 Å². The van der Waals surface area contributed by atoms with E-state index in [-0.39, 0.29) is 23.7 Å². The average molecular weight is 436 g/mol. The SMILES string of the molecule is C[C@H]1CCc2c(sc3ncn(CC(=O)N=Nc4c(O)n(C)c5ccccc45)c(=O)c23)C1. The molecule has 0 unspecified atom stereocenters. The van der Waals surface area contributed by atoms with Crippen molar-refractivity contribution in [2.45, 2.75) is 32.7 Å². The summed E-state index contributed by atoms with van der Waals surface area (Å²) in [6.07, 6.45) is 4.29. The molecule has 0 bridgehead atoms. The van der Waals surface area contributed by atoms with Crippen LogP contribution in [0.4, 0.5) is 5.69 Å². The maximum atomic E-state index is 13.0. The van der Waals surface area contributed by atoms with Crippen LogP contribution < -0.4 is 5.56 Å². The van der Waals surface area contributed by atoms with Gasteiger partial charge in [0.25, 0.3) is 11.5 Å². The van der Waals surface area contributed by atoms with Crippen LogP contribution in [0.5, 0.6) is 5.88 Å². The van der Waals surface area contributed by atoms with Crippen molar-refractivity contribution in [2.75, 3.05) is 0 Å². The zero-order valence-electron chi connectivity index (χ0n) is 17.2. The van der Waals surface area contributed by atoms with Crippen LogP contribution in [-0.4, -0.2) is 25.1 Å². The quantitative estimate of drug-likeness (QED) is 0.490. The van der Waals surface area contributed by atoms with Crippen molar-refractivity contribution in [2.24, 2.45) is 23.2 Å². The zero-order chi connectivity index (χ0) is 21.7. The monoisotopic (exact) mass is 435 g/mol. The van der Waals surface area contributed by atoms with Crippen LogP contribution in [0, 0.1) is 5.92 Å². The lowest BCUT2D eigenvalue weighted by atomic mass is 9.89. The summed E-state index contributed by atoms with van der Waals surface area (Å²) in [7, 11) is 1.71. The topological polar surface area (TPSA) is 102 Å². The molecule has 5 rings (SSSR count). The number of nitrogens with zero attached hydrogens (tertiary/aromatic N) is 5. The van der Waals surface area contributed by atoms with Gasteiger partial charge in [0.15, 0.2) is 5.69 Å². The maximum absolute atomic E-state index is 13.0. The minimum atomic E-state index is -0.590. The second-order valence-electron chi connectivity index (χ2n) is 8.05. The van der Waals surface area contributed by atoms with Gasteiger partial charge in [-0.15, -0.1) is 21.6 Å². The summed E-state index contributed by atoms with van der Waals surface area (Å²) < 4.78 is 2.87. The molecule has 0 radical (unpaired) electrons. The van der Waals surface area contributed by atoms with Gasteiger partial charge in [-0.25, -0.2) is 4.98 Å². The average Bonchev–Trinajstić information content (AvgIpc) is 3.24. The van der Waals surface area contributed by atoms with Crippen LogP contribution in [0.2, 0.25) is 0 Å². The Morgan fingerprint density at radius 3 is 3.00 bits per heavy atom. The van der Waals surface area contributed by atoms with Crippen molar-refractivity contribution in [3.63, 3.8) is 0 Å². The molecule has 3 aromatic heterocycles. The number of aryl methyl sites for hydroxylation is 2. The van der Waals surface area contributed by atoms with Crippen LogP contribution >= 0.6 is 11.3 Å². The van der Waals surface area contributed by atoms with E-state index >= 15 is 0 Å². The molecular weight excluding hydrogens is 414 g/mol. The number of hydrogen-bond donors (Lipinski definition) is 1. The van der Waals surface area contributed by atoms with Gasteiger partial charge < -0.3 is 9.67 Å². The van der Waals surface area contributed by atoms with E-state index in [4.69, 9.17) is 0 Å². The highest BCUT2D eigenvalue weighted by Gasteiger charge is 2.23. The molecule has 4 aromatic rings. The first kappa shape index (κ1) is 19.6. The minimum absolute atomic E-state index is 0.0721. The number of fused-ring (bicyclic) bond motifs is 4. The van der Waals surface area contributed by atoms with E-state index in [1.165, 1.54) is 15.8 Å². The summed E-state index contributed by atoms with van der Waals surface area (Å²) in [6.45, 7) is 1.97. The third-order valence-electron chi connectivity index (χ3n) is 5.90. The van der Waals surface area contributed by atoms with Crippen LogP contribution in [0.3, 0.4) is 0 Å². The lowest BCUT2D eigenvalue weighted by Gasteiger charge is -2.17. The van der Waals surface area contributed by atoms with E-state index < -0.39 is 5.91 Å². The first-order chi connectivity index (χ1) is 14.9. The predicted octanol–water partition coefficient (Wildman–Crippen LogP) is 4.09. The molecule has 3 heterocycles. The molecule has 8 nitrogen and oxygen atoms in total. The van der Waals surface area contributed by atoms with Crippen LogP contribution in [0.25, 0.3) is 21.1 Å². The summed E-state index contributed by atoms with van der Waals surface area (Å²) in [5.74, 6) is -0.0549. The summed E-state index contributed by atoms with van der Waals surface area (Å²) in [5.41, 5.74) is 1.88. The number of aromatic hydroxyl groups is 1. The maximum Gasteiger partial charge on any atom is 0.284 e. The molecule has 1 aromatic carbocycles. The molecular formula is C22H21N5O3S. The third-order valence-corrected chi connectivity index (χ3v) is 7.06. The number of thiophene rings is 1. The van der Waals surface area contributed by atoms with Gasteiger partial charge in [0.2, 0.25) is 5.88 Å². The van der Waals surface area contributed by atoms with Gasteiger partial charge in [-0.3, -0.25) is 14.2 Å². The first-order valence-corrected chi connectivity index (χ1v) is 11.0. The number of hydrogen-bond acceptors (Lipinski definition) is 6. The molecule has 0 aliphatic heterocycles. The predicted molar refractivity (Wildman–Crippen MR) is 119 cm³/mol. The Morgan fingerprint density at radius 2 is 2.16 bits per heavy atom. The zero-order valence-corrected chi connectivity index (χ0v) is 18.0. The fourth-order valence-electron chi connectivity index (χ4n) is 4.22. The van der Waals surface area contributed by atoms with Crippen molar-refractivity contribution >= 4 is 44.1 Å². The fourth-order valence-corrected chi connectivity index (χ4v) is 5.56. The number of para-hydroxylation sites is 1. The van der Waals surface area contributed by atoms with Crippen molar-refractivity contribution in [1.82, 2.24) is 14.1 Å². The summed E-state index contributed by atoms with van der Waals surface area (Å²) >= 11 is 1.58. The van der Waals surface area contributed by atoms with E-state index in [1.807, 2.05) is 18.2 Å². The molecule has 0 saturated heterocycles. The van der Waals surface area contributed by atoms with Gasteiger partial charge >= 0.3 is 0 Å². The summed E-state index contributed by atoms with van der Waals surface area (Å²) in [6, 6.07) is 7.33. The van der Waals surface area contributed by atoms with Crippen molar-refractivity contribution < 1.29 is 9.90 Å². The lowest BCUT2D eigenvalue weighted by molar-refractivity contribution is -0.118. The Balaban J connectivity index is 1.44. The van der Waals surface area contributed by atoms with E-state index in [1.54, 1.807) is 29.0 Å². The van der Waals surface area contributed by atoms with Crippen molar-refractivity contribution in [3.8, 4) is 5.88 Å². The van der Waals surface area contributed by atoms with Gasteiger partial charge in [0, 0.05) is 17.3 Å². The Morgan fingerprint density at radius 1 is 1.35 bits per heavy atom. The molecule has 1 N–H and O–H groups in total.